The third kappa shape index (κ3) is 3.40. The second-order valence-corrected chi connectivity index (χ2v) is 6.81. The highest BCUT2D eigenvalue weighted by atomic mass is 127. The number of hydrogen-bond acceptors (Lipinski definition) is 5. The van der Waals surface area contributed by atoms with E-state index in [9.17, 15) is 5.11 Å². The molecule has 7 heteroatoms. The maximum Gasteiger partial charge on any atom is 0.221 e. The average Bonchev–Trinajstić information content (AvgIpc) is 2.72. The second kappa shape index (κ2) is 8.59. The Balaban J connectivity index is 0.00000256. The van der Waals surface area contributed by atoms with Crippen molar-refractivity contribution in [2.24, 2.45) is 7.05 Å². The van der Waals surface area contributed by atoms with Gasteiger partial charge in [-0.3, -0.25) is 0 Å². The van der Waals surface area contributed by atoms with Crippen LogP contribution in [0.3, 0.4) is 0 Å². The first-order valence-corrected chi connectivity index (χ1v) is 9.37. The standard InChI is InChI=1S/C23H23NO5.HI/c1-6-29-19-10-16-14-9-22(28-5)21(27-4)7-13(14)12-24(2)23(16)17-11-20(26-3)18(25)8-15(17)19;/h7-12H,6H2,1-5H3;1H. The number of nitrogens with zero attached hydrogens (tertiary/aromatic N) is 1. The molecule has 0 aliphatic rings. The summed E-state index contributed by atoms with van der Waals surface area (Å²) in [7, 11) is 6.80. The van der Waals surface area contributed by atoms with Gasteiger partial charge in [-0.1, -0.05) is 0 Å². The van der Waals surface area contributed by atoms with Crippen LogP contribution < -0.4 is 47.5 Å². The van der Waals surface area contributed by atoms with Crippen LogP contribution in [-0.4, -0.2) is 33.0 Å². The van der Waals surface area contributed by atoms with Gasteiger partial charge in [-0.25, -0.2) is 0 Å². The molecule has 158 valence electrons. The van der Waals surface area contributed by atoms with E-state index < -0.39 is 0 Å². The van der Waals surface area contributed by atoms with E-state index in [1.54, 1.807) is 27.4 Å². The fourth-order valence-electron chi connectivity index (χ4n) is 3.92. The zero-order valence-electron chi connectivity index (χ0n) is 17.6. The Morgan fingerprint density at radius 2 is 1.33 bits per heavy atom. The highest BCUT2D eigenvalue weighted by Crippen LogP contribution is 2.42. The van der Waals surface area contributed by atoms with E-state index in [2.05, 4.69) is 10.8 Å². The maximum absolute atomic E-state index is 10.3. The summed E-state index contributed by atoms with van der Waals surface area (Å²) in [6.45, 7) is 2.46. The molecule has 0 saturated carbocycles. The molecule has 0 atom stereocenters. The first kappa shape index (κ1) is 22.0. The van der Waals surface area contributed by atoms with Gasteiger partial charge in [-0.2, -0.15) is 4.57 Å². The number of ether oxygens (including phenoxy) is 4. The topological polar surface area (TPSA) is 61.0 Å². The van der Waals surface area contributed by atoms with Crippen molar-refractivity contribution in [1.82, 2.24) is 0 Å². The third-order valence-electron chi connectivity index (χ3n) is 5.20. The molecule has 1 N–H and O–H groups in total. The summed E-state index contributed by atoms with van der Waals surface area (Å²) in [6, 6.07) is 9.51. The Kier molecular flexibility index (Phi) is 6.30. The number of benzene rings is 3. The molecule has 4 aromatic rings. The first-order chi connectivity index (χ1) is 14.0. The van der Waals surface area contributed by atoms with Crippen molar-refractivity contribution >= 4 is 32.4 Å². The van der Waals surface area contributed by atoms with Gasteiger partial charge in [0.15, 0.2) is 29.2 Å². The summed E-state index contributed by atoms with van der Waals surface area (Å²) in [5.41, 5.74) is 1.00. The normalized spacial score (nSPS) is 10.8. The smallest absolute Gasteiger partial charge is 0.221 e. The molecular formula is C23H24INO5. The molecular weight excluding hydrogens is 497 g/mol. The van der Waals surface area contributed by atoms with Gasteiger partial charge in [0.25, 0.3) is 0 Å². The van der Waals surface area contributed by atoms with Crippen molar-refractivity contribution in [3.05, 3.63) is 36.5 Å². The molecule has 1 heterocycles. The predicted octanol–water partition coefficient (Wildman–Crippen LogP) is 1.10. The minimum atomic E-state index is 0. The zero-order valence-corrected chi connectivity index (χ0v) is 19.7. The SMILES string of the molecule is CCOc1cc2c3cc(OC)c(OC)cc3c[n+](C)c2c2cc(OC)c(O)cc12.[I-]. The van der Waals surface area contributed by atoms with Crippen molar-refractivity contribution in [1.29, 1.82) is 0 Å². The van der Waals surface area contributed by atoms with E-state index >= 15 is 0 Å². The van der Waals surface area contributed by atoms with Gasteiger partial charge in [-0.05, 0) is 37.3 Å². The number of hydrogen-bond donors (Lipinski definition) is 1. The van der Waals surface area contributed by atoms with E-state index in [0.29, 0.717) is 29.6 Å². The highest BCUT2D eigenvalue weighted by Gasteiger charge is 2.21. The Morgan fingerprint density at radius 3 is 1.97 bits per heavy atom. The Bertz CT molecular complexity index is 1260. The number of aromatic nitrogens is 1. The van der Waals surface area contributed by atoms with Crippen LogP contribution in [0.1, 0.15) is 6.92 Å². The van der Waals surface area contributed by atoms with E-state index in [1.165, 1.54) is 0 Å². The number of methoxy groups -OCH3 is 3. The minimum absolute atomic E-state index is 0. The summed E-state index contributed by atoms with van der Waals surface area (Å²) < 4.78 is 24.3. The lowest BCUT2D eigenvalue weighted by Gasteiger charge is -2.14. The number of rotatable bonds is 5. The number of aromatic hydroxyl groups is 1. The number of fused-ring (bicyclic) bond motifs is 5. The van der Waals surface area contributed by atoms with Crippen LogP contribution in [0, 0.1) is 0 Å². The maximum atomic E-state index is 10.3. The van der Waals surface area contributed by atoms with Crippen LogP contribution in [0.4, 0.5) is 0 Å². The number of pyridine rings is 1. The summed E-state index contributed by atoms with van der Waals surface area (Å²) in [4.78, 5) is 0. The van der Waals surface area contributed by atoms with E-state index in [1.807, 2.05) is 38.2 Å². The van der Waals surface area contributed by atoms with Crippen LogP contribution in [-0.2, 0) is 7.05 Å². The molecule has 0 unspecified atom stereocenters. The number of phenols is 1. The summed E-state index contributed by atoms with van der Waals surface area (Å²) >= 11 is 0. The Labute approximate surface area is 191 Å². The first-order valence-electron chi connectivity index (χ1n) is 9.37. The molecule has 0 bridgehead atoms. The fraction of sp³-hybridized carbons (Fsp3) is 0.261. The fourth-order valence-corrected chi connectivity index (χ4v) is 3.92. The molecule has 0 radical (unpaired) electrons. The van der Waals surface area contributed by atoms with Crippen molar-refractivity contribution in [3.63, 3.8) is 0 Å². The van der Waals surface area contributed by atoms with Crippen molar-refractivity contribution < 1.29 is 52.6 Å². The number of aryl methyl sites for hydroxylation is 1. The molecule has 1 aromatic heterocycles. The van der Waals surface area contributed by atoms with E-state index in [4.69, 9.17) is 18.9 Å². The summed E-state index contributed by atoms with van der Waals surface area (Å²) in [6.07, 6.45) is 2.05. The zero-order chi connectivity index (χ0) is 20.7. The van der Waals surface area contributed by atoms with Crippen molar-refractivity contribution in [2.75, 3.05) is 27.9 Å². The minimum Gasteiger partial charge on any atom is -1.00 e. The van der Waals surface area contributed by atoms with Gasteiger partial charge < -0.3 is 48.0 Å². The largest absolute Gasteiger partial charge is 1.00 e. The summed E-state index contributed by atoms with van der Waals surface area (Å²) in [5.74, 6) is 2.54. The lowest BCUT2D eigenvalue weighted by Crippen LogP contribution is -3.00. The van der Waals surface area contributed by atoms with Crippen LogP contribution >= 0.6 is 0 Å². The van der Waals surface area contributed by atoms with Crippen LogP contribution in [0.25, 0.3) is 32.4 Å². The lowest BCUT2D eigenvalue weighted by atomic mass is 9.99. The molecule has 3 aromatic carbocycles. The number of phenolic OH excluding ortho intramolecular Hbond substituents is 1. The number of halogens is 1. The van der Waals surface area contributed by atoms with Crippen LogP contribution in [0.5, 0.6) is 28.7 Å². The van der Waals surface area contributed by atoms with Crippen molar-refractivity contribution in [2.45, 2.75) is 6.92 Å². The molecule has 0 amide bonds. The molecule has 0 spiro atoms. The van der Waals surface area contributed by atoms with E-state index in [0.717, 1.165) is 32.4 Å². The quantitative estimate of drug-likeness (QED) is 0.242. The second-order valence-electron chi connectivity index (χ2n) is 6.81. The third-order valence-corrected chi connectivity index (χ3v) is 5.20. The Hall–Kier alpha value is -2.68. The van der Waals surface area contributed by atoms with Crippen LogP contribution in [0.2, 0.25) is 0 Å². The lowest BCUT2D eigenvalue weighted by molar-refractivity contribution is -0.642. The average molecular weight is 521 g/mol. The Morgan fingerprint density at radius 1 is 0.767 bits per heavy atom. The van der Waals surface area contributed by atoms with Crippen molar-refractivity contribution in [3.8, 4) is 28.7 Å². The predicted molar refractivity (Wildman–Crippen MR) is 113 cm³/mol. The van der Waals surface area contributed by atoms with Gasteiger partial charge in [-0.15, -0.1) is 0 Å². The van der Waals surface area contributed by atoms with Gasteiger partial charge in [0, 0.05) is 10.8 Å². The molecule has 6 nitrogen and oxygen atoms in total. The van der Waals surface area contributed by atoms with Crippen LogP contribution in [0.15, 0.2) is 36.5 Å². The molecule has 0 aliphatic carbocycles. The van der Waals surface area contributed by atoms with Gasteiger partial charge >= 0.3 is 0 Å². The van der Waals surface area contributed by atoms with E-state index in [-0.39, 0.29) is 29.7 Å². The molecule has 4 rings (SSSR count). The van der Waals surface area contributed by atoms with Gasteiger partial charge in [0.1, 0.15) is 12.8 Å². The highest BCUT2D eigenvalue weighted by molar-refractivity contribution is 6.16. The summed E-state index contributed by atoms with van der Waals surface area (Å²) in [5, 5.41) is 15.1. The molecule has 0 saturated heterocycles. The van der Waals surface area contributed by atoms with Gasteiger partial charge in [0.05, 0.1) is 44.1 Å². The van der Waals surface area contributed by atoms with Gasteiger partial charge in [0.2, 0.25) is 5.52 Å². The monoisotopic (exact) mass is 521 g/mol. The molecule has 30 heavy (non-hydrogen) atoms. The molecule has 0 fully saturated rings. The molecule has 0 aliphatic heterocycles.